The van der Waals surface area contributed by atoms with Crippen LogP contribution in [-0.2, 0) is 6.42 Å². The van der Waals surface area contributed by atoms with E-state index in [4.69, 9.17) is 25.0 Å². The fourth-order valence-electron chi connectivity index (χ4n) is 7.74. The van der Waals surface area contributed by atoms with Crippen molar-refractivity contribution in [1.82, 2.24) is 35.3 Å². The summed E-state index contributed by atoms with van der Waals surface area (Å²) in [6.07, 6.45) is 4.17. The second-order valence-electron chi connectivity index (χ2n) is 12.6. The van der Waals surface area contributed by atoms with Crippen molar-refractivity contribution in [2.45, 2.75) is 69.2 Å². The molecule has 8 rings (SSSR count). The highest BCUT2D eigenvalue weighted by molar-refractivity contribution is 5.99. The molecule has 230 valence electrons. The monoisotopic (exact) mass is 603 g/mol. The number of rotatable bonds is 7. The van der Waals surface area contributed by atoms with Crippen LogP contribution >= 0.6 is 0 Å². The summed E-state index contributed by atoms with van der Waals surface area (Å²) in [4.78, 5) is 23.1. The number of hydrogen-bond donors (Lipinski definition) is 2. The summed E-state index contributed by atoms with van der Waals surface area (Å²) in [5, 5.41) is 9.32. The van der Waals surface area contributed by atoms with E-state index in [-0.39, 0.29) is 34.9 Å². The van der Waals surface area contributed by atoms with Crippen molar-refractivity contribution in [3.05, 3.63) is 35.6 Å². The number of nitrogens with zero attached hydrogens (tertiary/aromatic N) is 7. The molecule has 0 aliphatic carbocycles. The summed E-state index contributed by atoms with van der Waals surface area (Å²) in [6, 6.07) is 7.55. The number of ether oxygens (including phenoxy) is 1. The normalized spacial score (nSPS) is 26.5. The van der Waals surface area contributed by atoms with Crippen molar-refractivity contribution in [1.29, 1.82) is 0 Å². The highest BCUT2D eigenvalue weighted by Crippen LogP contribution is 2.40. The van der Waals surface area contributed by atoms with Gasteiger partial charge in [-0.3, -0.25) is 4.90 Å². The molecule has 0 saturated carbocycles. The van der Waals surface area contributed by atoms with Crippen LogP contribution in [0.5, 0.6) is 6.01 Å². The van der Waals surface area contributed by atoms with Gasteiger partial charge in [-0.15, -0.1) is 0 Å². The van der Waals surface area contributed by atoms with E-state index < -0.39 is 6.17 Å². The van der Waals surface area contributed by atoms with Crippen molar-refractivity contribution in [2.75, 3.05) is 43.4 Å². The summed E-state index contributed by atoms with van der Waals surface area (Å²) in [5.41, 5.74) is 7.46. The number of nitrogens with one attached hydrogen (secondary N) is 1. The van der Waals surface area contributed by atoms with Crippen LogP contribution in [0.4, 0.5) is 20.4 Å². The van der Waals surface area contributed by atoms with E-state index in [1.165, 1.54) is 6.07 Å². The van der Waals surface area contributed by atoms with E-state index in [0.29, 0.717) is 66.2 Å². The molecule has 13 heteroatoms. The maximum atomic E-state index is 14.8. The number of fused-ring (bicyclic) bond motifs is 4. The van der Waals surface area contributed by atoms with E-state index in [0.717, 1.165) is 50.7 Å². The first-order chi connectivity index (χ1) is 21.4. The van der Waals surface area contributed by atoms with Crippen molar-refractivity contribution in [3.8, 4) is 29.1 Å². The van der Waals surface area contributed by atoms with Crippen LogP contribution in [0.15, 0.2) is 28.8 Å². The molecule has 4 atom stereocenters. The molecular weight excluding hydrogens is 568 g/mol. The smallest absolute Gasteiger partial charge is 0.321 e. The van der Waals surface area contributed by atoms with Gasteiger partial charge in [-0.1, -0.05) is 18.1 Å². The zero-order chi connectivity index (χ0) is 30.0. The number of piperazine rings is 1. The van der Waals surface area contributed by atoms with Crippen molar-refractivity contribution in [3.63, 3.8) is 0 Å². The molecule has 4 saturated heterocycles. The SMILES string of the molecule is CCc1c(F)ccc2cc(N)cc(-c3nc(-c4nc(OC[C@@]56CCCN5C[C@H](F)C6)nc(N5C[C@H]6CC[C@@H](C5)N6)n4)no3)c12. The quantitative estimate of drug-likeness (QED) is 0.298. The fraction of sp³-hybridized carbons (Fsp3) is 0.516. The maximum Gasteiger partial charge on any atom is 0.321 e. The Balaban J connectivity index is 1.17. The molecule has 0 radical (unpaired) electrons. The minimum atomic E-state index is -0.859. The van der Waals surface area contributed by atoms with E-state index in [1.807, 2.05) is 6.92 Å². The summed E-state index contributed by atoms with van der Waals surface area (Å²) in [7, 11) is 0. The standard InChI is InChI=1S/C31H35F2N9O2/c1-2-22-24(33)7-4-17-10-19(34)11-23(25(17)22)28-36-27(40-44-28)26-37-29(41-14-20-5-6-21(15-41)35-20)39-30(38-26)43-16-31-8-3-9-42(31)13-18(32)12-31/h4,7,10-11,18,20-21,35H,2-3,5-6,8-9,12-16,34H2,1H3/t18-,20-,21+,31+/m1/s1. The third-order valence-electron chi connectivity index (χ3n) is 9.73. The van der Waals surface area contributed by atoms with E-state index in [9.17, 15) is 8.78 Å². The Hall–Kier alpha value is -3.97. The molecule has 4 aliphatic heterocycles. The fourth-order valence-corrected chi connectivity index (χ4v) is 7.74. The zero-order valence-electron chi connectivity index (χ0n) is 24.6. The largest absolute Gasteiger partial charge is 0.461 e. The Bertz CT molecular complexity index is 1720. The second kappa shape index (κ2) is 10.6. The van der Waals surface area contributed by atoms with Gasteiger partial charge in [0.25, 0.3) is 5.89 Å². The Kier molecular flexibility index (Phi) is 6.63. The van der Waals surface area contributed by atoms with Crippen LogP contribution in [-0.4, -0.2) is 86.6 Å². The van der Waals surface area contributed by atoms with Crippen LogP contribution in [0.1, 0.15) is 44.6 Å². The molecule has 2 aromatic carbocycles. The first-order valence-electron chi connectivity index (χ1n) is 15.5. The highest BCUT2D eigenvalue weighted by atomic mass is 19.1. The number of hydrogen-bond acceptors (Lipinski definition) is 11. The van der Waals surface area contributed by atoms with Gasteiger partial charge >= 0.3 is 6.01 Å². The number of aromatic nitrogens is 5. The summed E-state index contributed by atoms with van der Waals surface area (Å²) >= 11 is 0. The molecule has 44 heavy (non-hydrogen) atoms. The Morgan fingerprint density at radius 3 is 2.75 bits per heavy atom. The molecular formula is C31H35F2N9O2. The van der Waals surface area contributed by atoms with Gasteiger partial charge in [0.1, 0.15) is 18.6 Å². The lowest BCUT2D eigenvalue weighted by molar-refractivity contribution is 0.107. The average Bonchev–Trinajstić information content (AvgIpc) is 3.79. The van der Waals surface area contributed by atoms with Gasteiger partial charge in [0, 0.05) is 49.2 Å². The van der Waals surface area contributed by atoms with Crippen LogP contribution in [0.25, 0.3) is 33.9 Å². The molecule has 6 heterocycles. The third kappa shape index (κ3) is 4.73. The van der Waals surface area contributed by atoms with E-state index in [1.54, 1.807) is 18.2 Å². The predicted molar refractivity (Wildman–Crippen MR) is 161 cm³/mol. The molecule has 4 aromatic rings. The number of nitrogen functional groups attached to an aromatic ring is 1. The van der Waals surface area contributed by atoms with Gasteiger partial charge in [-0.25, -0.2) is 8.78 Å². The Morgan fingerprint density at radius 2 is 1.93 bits per heavy atom. The predicted octanol–water partition coefficient (Wildman–Crippen LogP) is 3.92. The van der Waals surface area contributed by atoms with Crippen LogP contribution in [0, 0.1) is 5.82 Å². The van der Waals surface area contributed by atoms with Gasteiger partial charge in [0.05, 0.1) is 11.1 Å². The minimum Gasteiger partial charge on any atom is -0.461 e. The van der Waals surface area contributed by atoms with Crippen molar-refractivity contribution >= 4 is 22.4 Å². The highest BCUT2D eigenvalue weighted by Gasteiger charge is 2.49. The third-order valence-corrected chi connectivity index (χ3v) is 9.73. The van der Waals surface area contributed by atoms with Gasteiger partial charge in [-0.05, 0) is 67.8 Å². The van der Waals surface area contributed by atoms with Crippen molar-refractivity contribution in [2.24, 2.45) is 0 Å². The van der Waals surface area contributed by atoms with Gasteiger partial charge < -0.3 is 25.2 Å². The van der Waals surface area contributed by atoms with Crippen molar-refractivity contribution < 1.29 is 18.0 Å². The van der Waals surface area contributed by atoms with Gasteiger partial charge in [0.15, 0.2) is 0 Å². The second-order valence-corrected chi connectivity index (χ2v) is 12.6. The van der Waals surface area contributed by atoms with Gasteiger partial charge in [-0.2, -0.15) is 19.9 Å². The topological polar surface area (TPSA) is 131 Å². The summed E-state index contributed by atoms with van der Waals surface area (Å²) in [6.45, 7) is 5.03. The van der Waals surface area contributed by atoms with Gasteiger partial charge in [0.2, 0.25) is 17.6 Å². The van der Waals surface area contributed by atoms with Crippen LogP contribution < -0.4 is 20.7 Å². The molecule has 0 amide bonds. The lowest BCUT2D eigenvalue weighted by Crippen LogP contribution is -2.51. The number of halogens is 2. The minimum absolute atomic E-state index is 0.149. The van der Waals surface area contributed by atoms with Crippen LogP contribution in [0.3, 0.4) is 0 Å². The first-order valence-corrected chi connectivity index (χ1v) is 15.5. The summed E-state index contributed by atoms with van der Waals surface area (Å²) in [5.74, 6) is 0.720. The number of nitrogens with two attached hydrogens (primary N) is 1. The zero-order valence-corrected chi connectivity index (χ0v) is 24.6. The molecule has 0 spiro atoms. The number of anilines is 2. The lowest BCUT2D eigenvalue weighted by Gasteiger charge is -2.33. The van der Waals surface area contributed by atoms with E-state index >= 15 is 0 Å². The summed E-state index contributed by atoms with van der Waals surface area (Å²) < 4.78 is 41.2. The lowest BCUT2D eigenvalue weighted by atomic mass is 9.95. The maximum absolute atomic E-state index is 14.8. The molecule has 2 bridgehead atoms. The van der Waals surface area contributed by atoms with E-state index in [2.05, 4.69) is 30.2 Å². The Morgan fingerprint density at radius 1 is 1.09 bits per heavy atom. The number of alkyl halides is 1. The van der Waals surface area contributed by atoms with Crippen LogP contribution in [0.2, 0.25) is 0 Å². The first kappa shape index (κ1) is 27.6. The average molecular weight is 604 g/mol. The molecule has 2 aromatic heterocycles. The Labute approximate surface area is 253 Å². The number of benzene rings is 2. The molecule has 0 unspecified atom stereocenters. The molecule has 11 nitrogen and oxygen atoms in total. The molecule has 3 N–H and O–H groups in total. The number of aryl methyl sites for hydroxylation is 1. The molecule has 4 fully saturated rings. The molecule has 4 aliphatic rings.